The van der Waals surface area contributed by atoms with E-state index < -0.39 is 64.0 Å². The number of ether oxygens (including phenoxy) is 3. The van der Waals surface area contributed by atoms with Crippen molar-refractivity contribution in [2.75, 3.05) is 7.11 Å². The number of cyclic esters (lactones) is 1. The lowest BCUT2D eigenvalue weighted by Gasteiger charge is -2.52. The van der Waals surface area contributed by atoms with Gasteiger partial charge in [-0.3, -0.25) is 19.2 Å². The number of furan rings is 1. The third kappa shape index (κ3) is 4.82. The van der Waals surface area contributed by atoms with Gasteiger partial charge in [-0.05, 0) is 35.8 Å². The van der Waals surface area contributed by atoms with Crippen molar-refractivity contribution in [1.82, 2.24) is 0 Å². The Balaban J connectivity index is 1.85. The molecule has 4 rings (SSSR count). The van der Waals surface area contributed by atoms with Crippen molar-refractivity contribution in [3.8, 4) is 0 Å². The maximum atomic E-state index is 13.9. The van der Waals surface area contributed by atoms with Gasteiger partial charge in [0.05, 0.1) is 19.6 Å². The molecule has 0 amide bonds. The molecule has 1 aromatic rings. The molecule has 3 aliphatic rings. The summed E-state index contributed by atoms with van der Waals surface area (Å²) in [6.07, 6.45) is 3.58. The van der Waals surface area contributed by atoms with Gasteiger partial charge in [0, 0.05) is 48.3 Å². The smallest absolute Gasteiger partial charge is 0.331 e. The predicted molar refractivity (Wildman–Crippen MR) is 139 cm³/mol. The van der Waals surface area contributed by atoms with E-state index in [2.05, 4.69) is 0 Å². The largest absolute Gasteiger partial charge is 0.472 e. The van der Waals surface area contributed by atoms with Gasteiger partial charge >= 0.3 is 17.9 Å². The lowest BCUT2D eigenvalue weighted by molar-refractivity contribution is -0.173. The van der Waals surface area contributed by atoms with Crippen LogP contribution in [0.1, 0.15) is 72.0 Å². The van der Waals surface area contributed by atoms with Crippen molar-refractivity contribution < 1.29 is 47.7 Å². The first-order valence-corrected chi connectivity index (χ1v) is 13.4. The third-order valence-corrected chi connectivity index (χ3v) is 8.86. The number of carbonyl (C=O) groups excluding carboxylic acids is 5. The predicted octanol–water partition coefficient (Wildman–Crippen LogP) is 3.58. The molecule has 40 heavy (non-hydrogen) atoms. The lowest BCUT2D eigenvalue weighted by atomic mass is 9.56. The summed E-state index contributed by atoms with van der Waals surface area (Å²) in [7, 11) is 1.30. The van der Waals surface area contributed by atoms with Gasteiger partial charge in [0.1, 0.15) is 6.10 Å². The van der Waals surface area contributed by atoms with Crippen molar-refractivity contribution in [2.45, 2.75) is 78.1 Å². The van der Waals surface area contributed by atoms with Gasteiger partial charge in [-0.2, -0.15) is 0 Å². The highest BCUT2D eigenvalue weighted by molar-refractivity contribution is 6.04. The van der Waals surface area contributed by atoms with Crippen LogP contribution in [0.15, 0.2) is 46.3 Å². The zero-order valence-electron chi connectivity index (χ0n) is 23.6. The number of allylic oxidation sites excluding steroid dienone is 1. The van der Waals surface area contributed by atoms with Gasteiger partial charge in [-0.25, -0.2) is 4.79 Å². The highest BCUT2D eigenvalue weighted by atomic mass is 16.6. The highest BCUT2D eigenvalue weighted by Gasteiger charge is 2.63. The standard InChI is InChI=1S/C30H36O10/c1-16-20(7-8-23(33)37-6)28(3,4)14-19(25(16)35)27(39-17(2)31)30(36)21-13-24(34)40-26(18-10-12-38-15-18)29(21,5)11-9-22(30)32/h10,12-16,20,26-27,36H,7-9,11H2,1-6H3/t16-,20-,26+,27-,29-,30+/m1/s1. The molecule has 1 N–H and O–H groups in total. The minimum absolute atomic E-state index is 0.0249. The maximum absolute atomic E-state index is 13.9. The van der Waals surface area contributed by atoms with Crippen LogP contribution in [0.5, 0.6) is 0 Å². The molecule has 10 heteroatoms. The van der Waals surface area contributed by atoms with Crippen LogP contribution in [0, 0.1) is 22.7 Å². The molecule has 0 spiro atoms. The molecule has 2 heterocycles. The van der Waals surface area contributed by atoms with Crippen LogP contribution in [-0.2, 0) is 38.2 Å². The Morgan fingerprint density at radius 3 is 2.50 bits per heavy atom. The van der Waals surface area contributed by atoms with Crippen molar-refractivity contribution in [1.29, 1.82) is 0 Å². The molecule has 0 radical (unpaired) electrons. The maximum Gasteiger partial charge on any atom is 0.331 e. The van der Waals surface area contributed by atoms with Crippen molar-refractivity contribution in [3.63, 3.8) is 0 Å². The normalized spacial score (nSPS) is 32.3. The number of esters is 3. The topological polar surface area (TPSA) is 146 Å². The van der Waals surface area contributed by atoms with E-state index in [1.54, 1.807) is 26.0 Å². The van der Waals surface area contributed by atoms with E-state index in [1.807, 2.05) is 13.8 Å². The van der Waals surface area contributed by atoms with E-state index in [4.69, 9.17) is 18.6 Å². The SMILES string of the molecule is COC(=O)CC[C@@H]1[C@@H](C)C(=O)C([C@@H](OC(C)=O)[C@@]2(O)C(=O)CC[C@]3(C)C2=CC(=O)O[C@H]3c2ccoc2)=CC1(C)C. The summed E-state index contributed by atoms with van der Waals surface area (Å²) in [4.78, 5) is 64.6. The molecule has 216 valence electrons. The Labute approximate surface area is 232 Å². The zero-order chi connectivity index (χ0) is 29.6. The van der Waals surface area contributed by atoms with E-state index in [0.717, 1.165) is 13.0 Å². The molecule has 0 unspecified atom stereocenters. The van der Waals surface area contributed by atoms with Crippen LogP contribution in [0.4, 0.5) is 0 Å². The lowest BCUT2D eigenvalue weighted by Crippen LogP contribution is -2.62. The second-order valence-electron chi connectivity index (χ2n) is 11.8. The van der Waals surface area contributed by atoms with Crippen LogP contribution in [0.3, 0.4) is 0 Å². The van der Waals surface area contributed by atoms with Crippen LogP contribution >= 0.6 is 0 Å². The van der Waals surface area contributed by atoms with Crippen molar-refractivity contribution >= 4 is 29.5 Å². The van der Waals surface area contributed by atoms with E-state index in [0.29, 0.717) is 12.0 Å². The number of hydrogen-bond acceptors (Lipinski definition) is 10. The molecule has 0 bridgehead atoms. The van der Waals surface area contributed by atoms with E-state index >= 15 is 0 Å². The average Bonchev–Trinajstić information content (AvgIpc) is 3.42. The summed E-state index contributed by atoms with van der Waals surface area (Å²) in [6, 6.07) is 1.64. The van der Waals surface area contributed by atoms with Crippen molar-refractivity contribution in [2.24, 2.45) is 22.7 Å². The zero-order valence-corrected chi connectivity index (χ0v) is 23.6. The summed E-state index contributed by atoms with van der Waals surface area (Å²) in [5.74, 6) is -3.97. The summed E-state index contributed by atoms with van der Waals surface area (Å²) >= 11 is 0. The molecule has 0 aromatic carbocycles. The number of hydrogen-bond donors (Lipinski definition) is 1. The van der Waals surface area contributed by atoms with Gasteiger partial charge in [0.25, 0.3) is 0 Å². The average molecular weight is 557 g/mol. The number of fused-ring (bicyclic) bond motifs is 1. The Morgan fingerprint density at radius 1 is 1.20 bits per heavy atom. The first-order chi connectivity index (χ1) is 18.7. The second kappa shape index (κ2) is 10.5. The number of ketones is 2. The Kier molecular flexibility index (Phi) is 7.70. The van der Waals surface area contributed by atoms with Crippen LogP contribution in [0.2, 0.25) is 0 Å². The fraction of sp³-hybridized carbons (Fsp3) is 0.567. The molecule has 1 aliphatic heterocycles. The minimum atomic E-state index is -2.50. The molecular weight excluding hydrogens is 520 g/mol. The molecule has 1 fully saturated rings. The minimum Gasteiger partial charge on any atom is -0.472 e. The first-order valence-electron chi connectivity index (χ1n) is 13.4. The highest BCUT2D eigenvalue weighted by Crippen LogP contribution is 2.57. The van der Waals surface area contributed by atoms with Gasteiger partial charge in [-0.1, -0.05) is 33.8 Å². The van der Waals surface area contributed by atoms with E-state index in [-0.39, 0.29) is 36.3 Å². The summed E-state index contributed by atoms with van der Waals surface area (Å²) in [5.41, 5.74) is -3.72. The summed E-state index contributed by atoms with van der Waals surface area (Å²) in [5, 5.41) is 12.4. The summed E-state index contributed by atoms with van der Waals surface area (Å²) < 4.78 is 21.3. The van der Waals surface area contributed by atoms with Crippen LogP contribution in [-0.4, -0.2) is 53.4 Å². The summed E-state index contributed by atoms with van der Waals surface area (Å²) in [6.45, 7) is 8.37. The number of methoxy groups -OCH3 is 1. The molecule has 1 aromatic heterocycles. The number of aliphatic hydroxyl groups is 1. The first kappa shape index (κ1) is 29.5. The Morgan fingerprint density at radius 2 is 1.90 bits per heavy atom. The van der Waals surface area contributed by atoms with Gasteiger partial charge in [0.2, 0.25) is 0 Å². The van der Waals surface area contributed by atoms with Gasteiger partial charge in [0.15, 0.2) is 23.3 Å². The fourth-order valence-corrected chi connectivity index (χ4v) is 6.79. The van der Waals surface area contributed by atoms with E-state index in [9.17, 15) is 29.1 Å². The number of Topliss-reactive ketones (excluding diaryl/α,β-unsaturated/α-hetero) is 2. The molecule has 2 aliphatic carbocycles. The Bertz CT molecular complexity index is 1290. The van der Waals surface area contributed by atoms with Crippen LogP contribution in [0.25, 0.3) is 0 Å². The molecule has 6 atom stereocenters. The molecular formula is C30H36O10. The quantitative estimate of drug-likeness (QED) is 0.390. The monoisotopic (exact) mass is 556 g/mol. The fourth-order valence-electron chi connectivity index (χ4n) is 6.79. The van der Waals surface area contributed by atoms with Gasteiger partial charge in [-0.15, -0.1) is 0 Å². The Hall–Kier alpha value is -3.53. The van der Waals surface area contributed by atoms with Crippen LogP contribution < -0.4 is 0 Å². The molecule has 10 nitrogen and oxygen atoms in total. The molecule has 1 saturated carbocycles. The molecule has 0 saturated heterocycles. The number of carbonyl (C=O) groups is 5. The van der Waals surface area contributed by atoms with E-state index in [1.165, 1.54) is 19.6 Å². The second-order valence-corrected chi connectivity index (χ2v) is 11.8. The van der Waals surface area contributed by atoms with Gasteiger partial charge < -0.3 is 23.7 Å². The number of rotatable bonds is 7. The third-order valence-electron chi connectivity index (χ3n) is 8.86. The van der Waals surface area contributed by atoms with Crippen molar-refractivity contribution in [3.05, 3.63) is 47.5 Å².